The average Bonchev–Trinajstić information content (AvgIpc) is 2.28. The minimum Gasteiger partial charge on any atom is -0.271 e. The Balaban J connectivity index is 2.73. The van der Waals surface area contributed by atoms with Crippen molar-refractivity contribution in [3.05, 3.63) is 34.6 Å². The summed E-state index contributed by atoms with van der Waals surface area (Å²) in [6, 6.07) is 4.39. The van der Waals surface area contributed by atoms with Crippen LogP contribution in [0, 0.1) is 5.82 Å². The maximum atomic E-state index is 13.6. The van der Waals surface area contributed by atoms with E-state index in [1.807, 2.05) is 0 Å². The second kappa shape index (κ2) is 6.84. The molecule has 0 fully saturated rings. The Morgan fingerprint density at radius 2 is 2.19 bits per heavy atom. The molecule has 0 aliphatic heterocycles. The van der Waals surface area contributed by atoms with Crippen LogP contribution >= 0.6 is 11.6 Å². The highest BCUT2D eigenvalue weighted by atomic mass is 35.5. The lowest BCUT2D eigenvalue weighted by Crippen LogP contribution is -2.28. The van der Waals surface area contributed by atoms with Crippen LogP contribution in [0.4, 0.5) is 4.39 Å². The number of nitrogens with two attached hydrogens (primary N) is 1. The molecule has 0 aromatic heterocycles. The first-order valence-electron chi connectivity index (χ1n) is 5.60. The predicted octanol–water partition coefficient (Wildman–Crippen LogP) is 3.56. The molecule has 0 aliphatic carbocycles. The first-order valence-corrected chi connectivity index (χ1v) is 5.98. The zero-order chi connectivity index (χ0) is 12.0. The molecule has 4 heteroatoms. The summed E-state index contributed by atoms with van der Waals surface area (Å²) < 4.78 is 13.6. The van der Waals surface area contributed by atoms with Crippen LogP contribution in [0.1, 0.15) is 44.2 Å². The third-order valence-electron chi connectivity index (χ3n) is 2.63. The van der Waals surface area contributed by atoms with Gasteiger partial charge in [-0.3, -0.25) is 11.3 Å². The first-order chi connectivity index (χ1) is 7.69. The summed E-state index contributed by atoms with van der Waals surface area (Å²) in [5, 5.41) is 0.534. The number of hydrogen-bond donors (Lipinski definition) is 2. The van der Waals surface area contributed by atoms with E-state index in [-0.39, 0.29) is 11.9 Å². The van der Waals surface area contributed by atoms with Crippen LogP contribution in [-0.2, 0) is 0 Å². The predicted molar refractivity (Wildman–Crippen MR) is 65.6 cm³/mol. The maximum absolute atomic E-state index is 13.6. The van der Waals surface area contributed by atoms with Crippen LogP contribution in [0.3, 0.4) is 0 Å². The van der Waals surface area contributed by atoms with Crippen molar-refractivity contribution in [3.8, 4) is 0 Å². The molecule has 2 nitrogen and oxygen atoms in total. The molecule has 1 unspecified atom stereocenters. The lowest BCUT2D eigenvalue weighted by molar-refractivity contribution is 0.464. The fourth-order valence-electron chi connectivity index (χ4n) is 1.71. The smallest absolute Gasteiger partial charge is 0.128 e. The van der Waals surface area contributed by atoms with E-state index in [0.29, 0.717) is 10.6 Å². The molecule has 1 aromatic carbocycles. The fourth-order valence-corrected chi connectivity index (χ4v) is 1.89. The molecule has 0 heterocycles. The molecule has 0 bridgehead atoms. The molecule has 0 saturated carbocycles. The van der Waals surface area contributed by atoms with E-state index in [4.69, 9.17) is 17.4 Å². The monoisotopic (exact) mass is 244 g/mol. The molecule has 1 rings (SSSR count). The van der Waals surface area contributed by atoms with Crippen LogP contribution in [0.5, 0.6) is 0 Å². The van der Waals surface area contributed by atoms with E-state index in [1.54, 1.807) is 12.1 Å². The first kappa shape index (κ1) is 13.4. The highest BCUT2D eigenvalue weighted by Gasteiger charge is 2.14. The highest BCUT2D eigenvalue weighted by molar-refractivity contribution is 6.30. The van der Waals surface area contributed by atoms with Gasteiger partial charge in [0.25, 0.3) is 0 Å². The molecular formula is C12H18ClFN2. The normalized spacial score (nSPS) is 12.8. The van der Waals surface area contributed by atoms with Crippen molar-refractivity contribution in [3.63, 3.8) is 0 Å². The molecule has 1 aromatic rings. The average molecular weight is 245 g/mol. The Hall–Kier alpha value is -0.640. The lowest BCUT2D eigenvalue weighted by atomic mass is 10.0. The summed E-state index contributed by atoms with van der Waals surface area (Å²) in [5.41, 5.74) is 3.19. The Kier molecular flexibility index (Phi) is 5.74. The molecule has 1 atom stereocenters. The van der Waals surface area contributed by atoms with Gasteiger partial charge in [0.2, 0.25) is 0 Å². The van der Waals surface area contributed by atoms with E-state index < -0.39 is 0 Å². The van der Waals surface area contributed by atoms with Gasteiger partial charge in [-0.1, -0.05) is 37.8 Å². The molecule has 90 valence electrons. The van der Waals surface area contributed by atoms with Crippen LogP contribution in [-0.4, -0.2) is 0 Å². The van der Waals surface area contributed by atoms with Crippen LogP contribution in [0.2, 0.25) is 5.02 Å². The van der Waals surface area contributed by atoms with Gasteiger partial charge in [0.05, 0.1) is 0 Å². The highest BCUT2D eigenvalue weighted by Crippen LogP contribution is 2.24. The second-order valence-electron chi connectivity index (χ2n) is 3.88. The molecule has 0 amide bonds. The van der Waals surface area contributed by atoms with Gasteiger partial charge in [-0.2, -0.15) is 0 Å². The molecule has 0 aliphatic rings. The van der Waals surface area contributed by atoms with Gasteiger partial charge < -0.3 is 0 Å². The molecule has 3 N–H and O–H groups in total. The third kappa shape index (κ3) is 3.74. The zero-order valence-electron chi connectivity index (χ0n) is 9.47. The topological polar surface area (TPSA) is 38.0 Å². The molecule has 0 radical (unpaired) electrons. The zero-order valence-corrected chi connectivity index (χ0v) is 10.2. The van der Waals surface area contributed by atoms with Gasteiger partial charge in [0, 0.05) is 16.6 Å². The molecule has 0 spiro atoms. The third-order valence-corrected chi connectivity index (χ3v) is 2.87. The van der Waals surface area contributed by atoms with Crippen LogP contribution in [0.25, 0.3) is 0 Å². The summed E-state index contributed by atoms with van der Waals surface area (Å²) in [6.07, 6.45) is 4.11. The van der Waals surface area contributed by atoms with Crippen molar-refractivity contribution in [2.75, 3.05) is 0 Å². The quantitative estimate of drug-likeness (QED) is 0.456. The number of benzene rings is 1. The summed E-state index contributed by atoms with van der Waals surface area (Å²) in [4.78, 5) is 0. The Bertz CT molecular complexity index is 331. The molecular weight excluding hydrogens is 227 g/mol. The maximum Gasteiger partial charge on any atom is 0.128 e. The number of rotatable bonds is 6. The number of hydrogen-bond acceptors (Lipinski definition) is 2. The van der Waals surface area contributed by atoms with E-state index in [0.717, 1.165) is 25.7 Å². The SMILES string of the molecule is CCCCCC(NN)c1cc(Cl)ccc1F. The van der Waals surface area contributed by atoms with Gasteiger partial charge >= 0.3 is 0 Å². The number of halogens is 2. The van der Waals surface area contributed by atoms with E-state index in [1.165, 1.54) is 6.07 Å². The van der Waals surface area contributed by atoms with Crippen molar-refractivity contribution in [2.24, 2.45) is 5.84 Å². The lowest BCUT2D eigenvalue weighted by Gasteiger charge is -2.17. The van der Waals surface area contributed by atoms with Gasteiger partial charge in [-0.15, -0.1) is 0 Å². The summed E-state index contributed by atoms with van der Waals surface area (Å²) in [7, 11) is 0. The van der Waals surface area contributed by atoms with E-state index in [2.05, 4.69) is 12.3 Å². The van der Waals surface area contributed by atoms with Gasteiger partial charge in [0.15, 0.2) is 0 Å². The van der Waals surface area contributed by atoms with Crippen LogP contribution in [0.15, 0.2) is 18.2 Å². The van der Waals surface area contributed by atoms with Gasteiger partial charge in [-0.25, -0.2) is 4.39 Å². The summed E-state index contributed by atoms with van der Waals surface area (Å²) in [5.74, 6) is 5.19. The van der Waals surface area contributed by atoms with Crippen molar-refractivity contribution in [1.82, 2.24) is 5.43 Å². The van der Waals surface area contributed by atoms with E-state index in [9.17, 15) is 4.39 Å². The molecule has 16 heavy (non-hydrogen) atoms. The number of unbranched alkanes of at least 4 members (excludes halogenated alkanes) is 2. The minimum absolute atomic E-state index is 0.162. The standard InChI is InChI=1S/C12H18ClFN2/c1-2-3-4-5-12(16-15)10-8-9(13)6-7-11(10)14/h6-8,12,16H,2-5,15H2,1H3. The van der Waals surface area contributed by atoms with Gasteiger partial charge in [-0.05, 0) is 24.6 Å². The Morgan fingerprint density at radius 1 is 1.44 bits per heavy atom. The van der Waals surface area contributed by atoms with Gasteiger partial charge in [0.1, 0.15) is 5.82 Å². The Labute approximate surface area is 101 Å². The second-order valence-corrected chi connectivity index (χ2v) is 4.32. The van der Waals surface area contributed by atoms with Crippen molar-refractivity contribution in [2.45, 2.75) is 38.6 Å². The fraction of sp³-hybridized carbons (Fsp3) is 0.500. The summed E-state index contributed by atoms with van der Waals surface area (Å²) >= 11 is 5.84. The minimum atomic E-state index is -0.260. The number of hydrazine groups is 1. The Morgan fingerprint density at radius 3 is 2.81 bits per heavy atom. The summed E-state index contributed by atoms with van der Waals surface area (Å²) in [6.45, 7) is 2.13. The van der Waals surface area contributed by atoms with Crippen molar-refractivity contribution >= 4 is 11.6 Å². The number of nitrogens with one attached hydrogen (secondary N) is 1. The van der Waals surface area contributed by atoms with Crippen molar-refractivity contribution < 1.29 is 4.39 Å². The van der Waals surface area contributed by atoms with Crippen LogP contribution < -0.4 is 11.3 Å². The van der Waals surface area contributed by atoms with Crippen molar-refractivity contribution in [1.29, 1.82) is 0 Å². The molecule has 0 saturated heterocycles. The van der Waals surface area contributed by atoms with E-state index >= 15 is 0 Å². The largest absolute Gasteiger partial charge is 0.271 e.